The van der Waals surface area contributed by atoms with Crippen LogP contribution in [0.2, 0.25) is 0 Å². The Kier molecular flexibility index (Phi) is 6.99. The van der Waals surface area contributed by atoms with Gasteiger partial charge in [-0.25, -0.2) is 10.2 Å². The molecule has 0 unspecified atom stereocenters. The van der Waals surface area contributed by atoms with Crippen molar-refractivity contribution in [1.29, 1.82) is 0 Å². The summed E-state index contributed by atoms with van der Waals surface area (Å²) in [6.07, 6.45) is 1.37. The number of hydrogen-bond donors (Lipinski definition) is 2. The van der Waals surface area contributed by atoms with Crippen molar-refractivity contribution >= 4 is 45.1 Å². The second-order valence-electron chi connectivity index (χ2n) is 6.41. The first kappa shape index (κ1) is 22.0. The third kappa shape index (κ3) is 5.67. The molecule has 1 aromatic heterocycles. The Labute approximate surface area is 186 Å². The molecule has 0 atom stereocenters. The second kappa shape index (κ2) is 9.86. The Morgan fingerprint density at radius 2 is 1.81 bits per heavy atom. The molecule has 2 amide bonds. The lowest BCUT2D eigenvalue weighted by molar-refractivity contribution is -0.136. The van der Waals surface area contributed by atoms with Crippen molar-refractivity contribution in [2.75, 3.05) is 5.32 Å². The van der Waals surface area contributed by atoms with E-state index in [0.29, 0.717) is 17.0 Å². The van der Waals surface area contributed by atoms with Gasteiger partial charge in [0.05, 0.1) is 12.0 Å². The first-order valence-electron chi connectivity index (χ1n) is 9.12. The quantitative estimate of drug-likeness (QED) is 0.187. The molecule has 2 aromatic carbocycles. The fourth-order valence-corrected chi connectivity index (χ4v) is 3.07. The smallest absolute Gasteiger partial charge is 0.379 e. The van der Waals surface area contributed by atoms with Crippen LogP contribution in [0.4, 0.5) is 5.69 Å². The monoisotopic (exact) mass is 483 g/mol. The zero-order valence-electron chi connectivity index (χ0n) is 16.6. The number of hydrogen-bond acceptors (Lipinski definition) is 6. The summed E-state index contributed by atoms with van der Waals surface area (Å²) in [4.78, 5) is 36.4. The Hall–Kier alpha value is -3.72. The van der Waals surface area contributed by atoms with Crippen LogP contribution in [-0.4, -0.2) is 23.5 Å². The maximum atomic E-state index is 12.2. The molecule has 0 aliphatic heterocycles. The van der Waals surface area contributed by atoms with Crippen molar-refractivity contribution in [2.45, 2.75) is 13.8 Å². The van der Waals surface area contributed by atoms with Crippen LogP contribution in [0, 0.1) is 6.92 Å². The normalized spacial score (nSPS) is 11.0. The van der Waals surface area contributed by atoms with E-state index in [1.54, 1.807) is 49.4 Å². The topological polar surface area (TPSA) is 110 Å². The maximum absolute atomic E-state index is 12.2. The largest absolute Gasteiger partial charge is 0.457 e. The fraction of sp³-hybridized carbons (Fsp3) is 0.0909. The number of hydrazone groups is 1. The van der Waals surface area contributed by atoms with E-state index in [4.69, 9.17) is 9.15 Å². The molecule has 1 heterocycles. The molecule has 0 saturated heterocycles. The minimum atomic E-state index is -0.938. The van der Waals surface area contributed by atoms with Crippen LogP contribution < -0.4 is 15.5 Å². The average Bonchev–Trinajstić information content (AvgIpc) is 3.29. The number of nitrogens with zero attached hydrogens (tertiary/aromatic N) is 1. The number of aryl methyl sites for hydroxylation is 1. The van der Waals surface area contributed by atoms with E-state index in [-0.39, 0.29) is 11.5 Å². The maximum Gasteiger partial charge on any atom is 0.379 e. The number of ether oxygens (including phenoxy) is 1. The van der Waals surface area contributed by atoms with Gasteiger partial charge in [0.15, 0.2) is 0 Å². The number of anilines is 1. The third-order valence-electron chi connectivity index (χ3n) is 4.17. The molecule has 0 aliphatic rings. The molecule has 8 nitrogen and oxygen atoms in total. The van der Waals surface area contributed by atoms with Gasteiger partial charge >= 0.3 is 17.8 Å². The Bertz CT molecular complexity index is 1160. The first-order chi connectivity index (χ1) is 14.8. The van der Waals surface area contributed by atoms with Crippen molar-refractivity contribution in [3.05, 3.63) is 82.2 Å². The van der Waals surface area contributed by atoms with Gasteiger partial charge in [-0.2, -0.15) is 5.10 Å². The molecule has 0 bridgehead atoms. The van der Waals surface area contributed by atoms with Gasteiger partial charge in [-0.1, -0.05) is 28.1 Å². The predicted molar refractivity (Wildman–Crippen MR) is 118 cm³/mol. The number of nitrogens with one attached hydrogen (secondary N) is 2. The molecular formula is C22H18BrN3O5. The van der Waals surface area contributed by atoms with Crippen LogP contribution >= 0.6 is 15.9 Å². The van der Waals surface area contributed by atoms with Crippen LogP contribution in [0.1, 0.15) is 28.6 Å². The number of furan rings is 1. The molecular weight excluding hydrogens is 466 g/mol. The summed E-state index contributed by atoms with van der Waals surface area (Å²) >= 11 is 3.34. The average molecular weight is 484 g/mol. The van der Waals surface area contributed by atoms with Crippen LogP contribution in [0.15, 0.2) is 74.9 Å². The lowest BCUT2D eigenvalue weighted by Crippen LogP contribution is -2.33. The number of carbonyl (C=O) groups excluding carboxylic acids is 3. The Morgan fingerprint density at radius 3 is 2.52 bits per heavy atom. The highest BCUT2D eigenvalue weighted by Gasteiger charge is 2.17. The third-order valence-corrected chi connectivity index (χ3v) is 4.66. The van der Waals surface area contributed by atoms with Gasteiger partial charge in [0.25, 0.3) is 0 Å². The van der Waals surface area contributed by atoms with E-state index in [9.17, 15) is 14.4 Å². The van der Waals surface area contributed by atoms with Crippen LogP contribution in [-0.2, 0) is 9.59 Å². The summed E-state index contributed by atoms with van der Waals surface area (Å²) in [6, 6.07) is 15.0. The van der Waals surface area contributed by atoms with E-state index in [2.05, 4.69) is 31.8 Å². The van der Waals surface area contributed by atoms with Crippen molar-refractivity contribution in [3.63, 3.8) is 0 Å². The number of amides is 2. The minimum Gasteiger partial charge on any atom is -0.457 e. The van der Waals surface area contributed by atoms with Gasteiger partial charge < -0.3 is 14.5 Å². The number of halogens is 1. The lowest BCUT2D eigenvalue weighted by Gasteiger charge is -2.10. The van der Waals surface area contributed by atoms with Crippen molar-refractivity contribution in [1.82, 2.24) is 5.43 Å². The highest BCUT2D eigenvalue weighted by atomic mass is 79.9. The van der Waals surface area contributed by atoms with E-state index in [1.807, 2.05) is 13.0 Å². The zero-order valence-corrected chi connectivity index (χ0v) is 18.2. The fourth-order valence-electron chi connectivity index (χ4n) is 2.59. The van der Waals surface area contributed by atoms with E-state index in [1.165, 1.54) is 12.3 Å². The number of carbonyl (C=O) groups is 3. The van der Waals surface area contributed by atoms with Crippen molar-refractivity contribution in [2.24, 2.45) is 5.10 Å². The van der Waals surface area contributed by atoms with Gasteiger partial charge in [0.1, 0.15) is 5.75 Å². The Morgan fingerprint density at radius 1 is 1.03 bits per heavy atom. The molecule has 158 valence electrons. The molecule has 2 N–H and O–H groups in total. The second-order valence-corrected chi connectivity index (χ2v) is 7.33. The van der Waals surface area contributed by atoms with Crippen LogP contribution in [0.25, 0.3) is 0 Å². The van der Waals surface area contributed by atoms with Gasteiger partial charge in [-0.15, -0.1) is 0 Å². The molecule has 0 spiro atoms. The highest BCUT2D eigenvalue weighted by molar-refractivity contribution is 9.10. The summed E-state index contributed by atoms with van der Waals surface area (Å²) in [6.45, 7) is 3.41. The van der Waals surface area contributed by atoms with Gasteiger partial charge in [-0.05, 0) is 61.9 Å². The summed E-state index contributed by atoms with van der Waals surface area (Å²) < 4.78 is 11.2. The molecule has 9 heteroatoms. The molecule has 31 heavy (non-hydrogen) atoms. The molecule has 3 aromatic rings. The summed E-state index contributed by atoms with van der Waals surface area (Å²) in [7, 11) is 0. The van der Waals surface area contributed by atoms with Gasteiger partial charge in [-0.3, -0.25) is 9.59 Å². The van der Waals surface area contributed by atoms with Gasteiger partial charge in [0, 0.05) is 15.7 Å². The standard InChI is InChI=1S/C22H18BrN3O5/c1-13-12-15(23)9-10-17(13)24-20(27)21(28)26-25-14(2)16-6-3-4-7-18(16)31-22(29)19-8-5-11-30-19/h3-12H,1-2H3,(H,24,27)(H,26,28). The highest BCUT2D eigenvalue weighted by Crippen LogP contribution is 2.21. The summed E-state index contributed by atoms with van der Waals surface area (Å²) in [5, 5.41) is 6.49. The SMILES string of the molecule is CC(=NNC(=O)C(=O)Nc1ccc(Br)cc1C)c1ccccc1OC(=O)c1ccco1. The molecule has 3 rings (SSSR count). The molecule has 0 saturated carbocycles. The van der Waals surface area contributed by atoms with E-state index >= 15 is 0 Å². The van der Waals surface area contributed by atoms with Crippen molar-refractivity contribution < 1.29 is 23.5 Å². The van der Waals surface area contributed by atoms with E-state index < -0.39 is 17.8 Å². The number of esters is 1. The predicted octanol–water partition coefficient (Wildman–Crippen LogP) is 4.05. The van der Waals surface area contributed by atoms with Crippen LogP contribution in [0.5, 0.6) is 5.75 Å². The molecule has 0 radical (unpaired) electrons. The van der Waals surface area contributed by atoms with Gasteiger partial charge in [0.2, 0.25) is 5.76 Å². The number of rotatable bonds is 5. The summed E-state index contributed by atoms with van der Waals surface area (Å²) in [5.74, 6) is -2.18. The van der Waals surface area contributed by atoms with Crippen LogP contribution in [0.3, 0.4) is 0 Å². The first-order valence-corrected chi connectivity index (χ1v) is 9.91. The number of para-hydroxylation sites is 1. The zero-order chi connectivity index (χ0) is 22.4. The van der Waals surface area contributed by atoms with E-state index in [0.717, 1.165) is 10.0 Å². The lowest BCUT2D eigenvalue weighted by atomic mass is 10.1. The number of benzene rings is 2. The minimum absolute atomic E-state index is 0.0533. The summed E-state index contributed by atoms with van der Waals surface area (Å²) in [5.41, 5.74) is 4.32. The molecule has 0 fully saturated rings. The van der Waals surface area contributed by atoms with Crippen molar-refractivity contribution in [3.8, 4) is 5.75 Å². The Balaban J connectivity index is 1.68. The molecule has 0 aliphatic carbocycles.